The molecule has 2 rings (SSSR count). The third-order valence-electron chi connectivity index (χ3n) is 3.51. The van der Waals surface area contributed by atoms with E-state index in [1.807, 2.05) is 13.8 Å². The molecule has 0 aliphatic carbocycles. The lowest BCUT2D eigenvalue weighted by molar-refractivity contribution is -0.142. The van der Waals surface area contributed by atoms with Crippen molar-refractivity contribution in [3.8, 4) is 0 Å². The molecule has 3 N–H and O–H groups in total. The lowest BCUT2D eigenvalue weighted by atomic mass is 10.0. The van der Waals surface area contributed by atoms with Crippen molar-refractivity contribution in [2.45, 2.75) is 37.6 Å². The Hall–Kier alpha value is -2.46. The van der Waals surface area contributed by atoms with Crippen LogP contribution in [0.5, 0.6) is 0 Å². The summed E-state index contributed by atoms with van der Waals surface area (Å²) >= 11 is 1.05. The lowest BCUT2D eigenvalue weighted by Gasteiger charge is -2.16. The van der Waals surface area contributed by atoms with E-state index in [1.165, 1.54) is 12.1 Å². The van der Waals surface area contributed by atoms with Gasteiger partial charge in [0.2, 0.25) is 5.91 Å². The van der Waals surface area contributed by atoms with Gasteiger partial charge in [-0.1, -0.05) is 32.0 Å². The summed E-state index contributed by atoms with van der Waals surface area (Å²) < 4.78 is 26.9. The fourth-order valence-corrected chi connectivity index (χ4v) is 4.30. The van der Waals surface area contributed by atoms with E-state index in [4.69, 9.17) is 0 Å². The van der Waals surface area contributed by atoms with Gasteiger partial charge in [0.15, 0.2) is 5.13 Å². The topological polar surface area (TPSA) is 125 Å². The van der Waals surface area contributed by atoms with Crippen molar-refractivity contribution in [3.63, 3.8) is 0 Å². The third kappa shape index (κ3) is 6.33. The fraction of sp³-hybridized carbons (Fsp3) is 0.353. The van der Waals surface area contributed by atoms with Gasteiger partial charge in [0.1, 0.15) is 6.04 Å². The van der Waals surface area contributed by atoms with Gasteiger partial charge in [-0.15, -0.1) is 11.3 Å². The van der Waals surface area contributed by atoms with Crippen LogP contribution in [0.1, 0.15) is 26.0 Å². The van der Waals surface area contributed by atoms with Crippen molar-refractivity contribution in [2.24, 2.45) is 5.92 Å². The molecule has 27 heavy (non-hydrogen) atoms. The monoisotopic (exact) mass is 411 g/mol. The highest BCUT2D eigenvalue weighted by Crippen LogP contribution is 2.20. The van der Waals surface area contributed by atoms with Gasteiger partial charge < -0.3 is 10.4 Å². The molecule has 10 heteroatoms. The summed E-state index contributed by atoms with van der Waals surface area (Å²) in [5.74, 6) is -1.46. The van der Waals surface area contributed by atoms with E-state index in [0.717, 1.165) is 11.3 Å². The van der Waals surface area contributed by atoms with Crippen LogP contribution in [0.15, 0.2) is 40.6 Å². The number of benzene rings is 1. The number of carbonyl (C=O) groups excluding carboxylic acids is 1. The van der Waals surface area contributed by atoms with Crippen LogP contribution in [-0.2, 0) is 26.0 Å². The average Bonchev–Trinajstić information content (AvgIpc) is 3.00. The van der Waals surface area contributed by atoms with Crippen molar-refractivity contribution >= 4 is 38.4 Å². The molecule has 1 atom stereocenters. The van der Waals surface area contributed by atoms with Crippen molar-refractivity contribution in [3.05, 3.63) is 41.4 Å². The normalized spacial score (nSPS) is 12.6. The molecule has 0 saturated carbocycles. The zero-order valence-electron chi connectivity index (χ0n) is 14.9. The minimum absolute atomic E-state index is 0.109. The first-order valence-electron chi connectivity index (χ1n) is 8.22. The molecule has 0 fully saturated rings. The highest BCUT2D eigenvalue weighted by Gasteiger charge is 2.22. The van der Waals surface area contributed by atoms with Gasteiger partial charge in [0, 0.05) is 5.38 Å². The number of aliphatic carboxylic acids is 1. The number of rotatable bonds is 9. The van der Waals surface area contributed by atoms with Gasteiger partial charge in [-0.2, -0.15) is 0 Å². The van der Waals surface area contributed by atoms with Crippen LogP contribution in [0, 0.1) is 5.92 Å². The number of amides is 1. The summed E-state index contributed by atoms with van der Waals surface area (Å²) in [6.07, 6.45) is 0.186. The number of carboxylic acid groups (broad SMARTS) is 1. The summed E-state index contributed by atoms with van der Waals surface area (Å²) in [4.78, 5) is 27.5. The molecule has 1 heterocycles. The second kappa shape index (κ2) is 8.96. The van der Waals surface area contributed by atoms with Gasteiger partial charge >= 0.3 is 5.97 Å². The second-order valence-corrected chi connectivity index (χ2v) is 8.87. The Kier molecular flexibility index (Phi) is 6.92. The number of hydrogen-bond donors (Lipinski definition) is 3. The molecule has 0 radical (unpaired) electrons. The molecular weight excluding hydrogens is 390 g/mol. The van der Waals surface area contributed by atoms with E-state index >= 15 is 0 Å². The van der Waals surface area contributed by atoms with E-state index in [-0.39, 0.29) is 22.4 Å². The Balaban J connectivity index is 1.99. The van der Waals surface area contributed by atoms with Crippen molar-refractivity contribution < 1.29 is 23.1 Å². The molecule has 0 spiro atoms. The minimum atomic E-state index is -3.75. The maximum Gasteiger partial charge on any atom is 0.326 e. The first kappa shape index (κ1) is 20.8. The number of aromatic nitrogens is 1. The standard InChI is InChI=1S/C17H21N3O5S2/c1-11(2)8-14(16(22)23)19-15(21)9-12-10-26-17(18-12)20-27(24,25)13-6-4-3-5-7-13/h3-7,10-11,14H,8-9H2,1-2H3,(H,18,20)(H,19,21)(H,22,23). The van der Waals surface area contributed by atoms with E-state index < -0.39 is 27.9 Å². The molecule has 8 nitrogen and oxygen atoms in total. The molecule has 0 saturated heterocycles. The van der Waals surface area contributed by atoms with Crippen molar-refractivity contribution in [1.82, 2.24) is 10.3 Å². The molecule has 2 aromatic rings. The van der Waals surface area contributed by atoms with Crippen LogP contribution in [-0.4, -0.2) is 36.4 Å². The van der Waals surface area contributed by atoms with Gasteiger partial charge in [-0.05, 0) is 24.5 Å². The summed E-state index contributed by atoms with van der Waals surface area (Å²) in [7, 11) is -3.75. The zero-order valence-corrected chi connectivity index (χ0v) is 16.5. The number of carbonyl (C=O) groups is 2. The SMILES string of the molecule is CC(C)CC(NC(=O)Cc1csc(NS(=O)(=O)c2ccccc2)n1)C(=O)O. The molecule has 0 aliphatic rings. The van der Waals surface area contributed by atoms with Crippen LogP contribution in [0.2, 0.25) is 0 Å². The van der Waals surface area contributed by atoms with Crippen molar-refractivity contribution in [1.29, 1.82) is 0 Å². The van der Waals surface area contributed by atoms with Crippen LogP contribution >= 0.6 is 11.3 Å². The molecular formula is C17H21N3O5S2. The molecule has 1 unspecified atom stereocenters. The lowest BCUT2D eigenvalue weighted by Crippen LogP contribution is -2.42. The van der Waals surface area contributed by atoms with E-state index in [9.17, 15) is 23.1 Å². The van der Waals surface area contributed by atoms with Crippen LogP contribution in [0.25, 0.3) is 0 Å². The number of nitrogens with zero attached hydrogens (tertiary/aromatic N) is 1. The first-order valence-corrected chi connectivity index (χ1v) is 10.6. The molecule has 0 bridgehead atoms. The van der Waals surface area contributed by atoms with Crippen LogP contribution in [0.4, 0.5) is 5.13 Å². The number of thiazole rings is 1. The van der Waals surface area contributed by atoms with E-state index in [0.29, 0.717) is 12.1 Å². The third-order valence-corrected chi connectivity index (χ3v) is 5.80. The Bertz CT molecular complexity index is 894. The number of sulfonamides is 1. The molecule has 0 aliphatic heterocycles. The number of carboxylic acids is 1. The molecule has 146 valence electrons. The van der Waals surface area contributed by atoms with E-state index in [1.54, 1.807) is 23.6 Å². The Morgan fingerprint density at radius 3 is 2.48 bits per heavy atom. The summed E-state index contributed by atoms with van der Waals surface area (Å²) in [6, 6.07) is 6.90. The highest BCUT2D eigenvalue weighted by molar-refractivity contribution is 7.93. The summed E-state index contributed by atoms with van der Waals surface area (Å²) in [6.45, 7) is 3.74. The maximum atomic E-state index is 12.3. The van der Waals surface area contributed by atoms with Gasteiger partial charge in [0.25, 0.3) is 10.0 Å². The Morgan fingerprint density at radius 2 is 1.89 bits per heavy atom. The summed E-state index contributed by atoms with van der Waals surface area (Å²) in [5.41, 5.74) is 0.358. The Labute approximate surface area is 161 Å². The molecule has 1 aromatic heterocycles. The fourth-order valence-electron chi connectivity index (χ4n) is 2.31. The van der Waals surface area contributed by atoms with E-state index in [2.05, 4.69) is 15.0 Å². The van der Waals surface area contributed by atoms with Crippen molar-refractivity contribution in [2.75, 3.05) is 4.72 Å². The number of anilines is 1. The molecule has 1 aromatic carbocycles. The highest BCUT2D eigenvalue weighted by atomic mass is 32.2. The quantitative estimate of drug-likeness (QED) is 0.580. The minimum Gasteiger partial charge on any atom is -0.480 e. The van der Waals surface area contributed by atoms with Crippen LogP contribution < -0.4 is 10.0 Å². The Morgan fingerprint density at radius 1 is 1.22 bits per heavy atom. The number of hydrogen-bond acceptors (Lipinski definition) is 6. The van der Waals surface area contributed by atoms with Gasteiger partial charge in [-0.3, -0.25) is 9.52 Å². The maximum absolute atomic E-state index is 12.3. The predicted molar refractivity (Wildman–Crippen MR) is 102 cm³/mol. The zero-order chi connectivity index (χ0) is 20.0. The smallest absolute Gasteiger partial charge is 0.326 e. The largest absolute Gasteiger partial charge is 0.480 e. The average molecular weight is 412 g/mol. The van der Waals surface area contributed by atoms with Crippen LogP contribution in [0.3, 0.4) is 0 Å². The van der Waals surface area contributed by atoms with Gasteiger partial charge in [0.05, 0.1) is 17.0 Å². The second-order valence-electron chi connectivity index (χ2n) is 6.33. The van der Waals surface area contributed by atoms with Gasteiger partial charge in [-0.25, -0.2) is 18.2 Å². The summed E-state index contributed by atoms with van der Waals surface area (Å²) in [5, 5.41) is 13.3. The predicted octanol–water partition coefficient (Wildman–Crippen LogP) is 2.10. The first-order chi connectivity index (χ1) is 12.7. The number of nitrogens with one attached hydrogen (secondary N) is 2. The molecule has 1 amide bonds.